The number of nitrogens with one attached hydrogen (secondary N) is 1. The van der Waals surface area contributed by atoms with Crippen molar-refractivity contribution in [2.45, 2.75) is 26.9 Å². The fourth-order valence-electron chi connectivity index (χ4n) is 3.63. The van der Waals surface area contributed by atoms with Crippen LogP contribution in [0.4, 0.5) is 0 Å². The van der Waals surface area contributed by atoms with E-state index in [9.17, 15) is 4.79 Å². The van der Waals surface area contributed by atoms with Crippen LogP contribution in [0.2, 0.25) is 5.02 Å². The van der Waals surface area contributed by atoms with Crippen LogP contribution in [0.15, 0.2) is 36.5 Å². The summed E-state index contributed by atoms with van der Waals surface area (Å²) in [6, 6.07) is 9.36. The first-order chi connectivity index (χ1) is 14.9. The molecule has 160 valence electrons. The number of rotatable bonds is 6. The van der Waals surface area contributed by atoms with Crippen LogP contribution >= 0.6 is 11.6 Å². The minimum absolute atomic E-state index is 0.224. The molecule has 1 N–H and O–H groups in total. The van der Waals surface area contributed by atoms with Crippen LogP contribution in [0.25, 0.3) is 22.3 Å². The summed E-state index contributed by atoms with van der Waals surface area (Å²) in [6.07, 6.45) is 1.59. The third-order valence-corrected chi connectivity index (χ3v) is 5.53. The molecule has 0 aliphatic carbocycles. The van der Waals surface area contributed by atoms with Gasteiger partial charge in [0.15, 0.2) is 5.65 Å². The molecule has 4 aromatic rings. The Bertz CT molecular complexity index is 1260. The SMILES string of the molecule is CCn1ncc(Cl)c1CNC(=O)c1cc(-c2ccc(OC)cc2)nc2c1c(C)nn2C. The fourth-order valence-corrected chi connectivity index (χ4v) is 3.84. The summed E-state index contributed by atoms with van der Waals surface area (Å²) in [5.41, 5.74) is 4.23. The number of nitrogens with zero attached hydrogens (tertiary/aromatic N) is 5. The van der Waals surface area contributed by atoms with E-state index >= 15 is 0 Å². The lowest BCUT2D eigenvalue weighted by Crippen LogP contribution is -2.25. The van der Waals surface area contributed by atoms with Crippen LogP contribution in [0, 0.1) is 6.92 Å². The number of carbonyl (C=O) groups excluding carboxylic acids is 1. The van der Waals surface area contributed by atoms with Crippen molar-refractivity contribution in [2.75, 3.05) is 7.11 Å². The molecule has 3 aromatic heterocycles. The van der Waals surface area contributed by atoms with E-state index < -0.39 is 0 Å². The van der Waals surface area contributed by atoms with Crippen LogP contribution < -0.4 is 10.1 Å². The van der Waals surface area contributed by atoms with Gasteiger partial charge in [-0.15, -0.1) is 0 Å². The van der Waals surface area contributed by atoms with Crippen molar-refractivity contribution >= 4 is 28.5 Å². The van der Waals surface area contributed by atoms with Crippen molar-refractivity contribution in [3.05, 3.63) is 58.5 Å². The number of benzene rings is 1. The molecule has 0 aliphatic heterocycles. The molecule has 0 saturated heterocycles. The highest BCUT2D eigenvalue weighted by Crippen LogP contribution is 2.28. The highest BCUT2D eigenvalue weighted by atomic mass is 35.5. The van der Waals surface area contributed by atoms with Crippen molar-refractivity contribution in [2.24, 2.45) is 7.05 Å². The lowest BCUT2D eigenvalue weighted by atomic mass is 10.0. The third kappa shape index (κ3) is 3.86. The van der Waals surface area contributed by atoms with E-state index in [-0.39, 0.29) is 12.5 Å². The molecule has 0 radical (unpaired) electrons. The molecule has 0 spiro atoms. The maximum absolute atomic E-state index is 13.2. The van der Waals surface area contributed by atoms with Gasteiger partial charge in [-0.25, -0.2) is 4.98 Å². The van der Waals surface area contributed by atoms with Gasteiger partial charge < -0.3 is 10.1 Å². The maximum Gasteiger partial charge on any atom is 0.252 e. The number of methoxy groups -OCH3 is 1. The smallest absolute Gasteiger partial charge is 0.252 e. The lowest BCUT2D eigenvalue weighted by molar-refractivity contribution is 0.0951. The number of hydrogen-bond donors (Lipinski definition) is 1. The molecule has 8 nitrogen and oxygen atoms in total. The first kappa shape index (κ1) is 20.9. The van der Waals surface area contributed by atoms with Crippen molar-refractivity contribution in [1.82, 2.24) is 29.9 Å². The third-order valence-electron chi connectivity index (χ3n) is 5.21. The first-order valence-electron chi connectivity index (χ1n) is 9.90. The Morgan fingerprint density at radius 3 is 2.68 bits per heavy atom. The molecule has 0 atom stereocenters. The van der Waals surface area contributed by atoms with Crippen LogP contribution in [0.3, 0.4) is 0 Å². The largest absolute Gasteiger partial charge is 0.497 e. The highest BCUT2D eigenvalue weighted by Gasteiger charge is 2.20. The summed E-state index contributed by atoms with van der Waals surface area (Å²) in [7, 11) is 3.44. The molecule has 0 fully saturated rings. The summed E-state index contributed by atoms with van der Waals surface area (Å²) >= 11 is 6.24. The van der Waals surface area contributed by atoms with Crippen molar-refractivity contribution in [3.8, 4) is 17.0 Å². The van der Waals surface area contributed by atoms with Gasteiger partial charge in [-0.05, 0) is 44.2 Å². The number of fused-ring (bicyclic) bond motifs is 1. The Morgan fingerprint density at radius 2 is 2.00 bits per heavy atom. The molecular formula is C22H23ClN6O2. The summed E-state index contributed by atoms with van der Waals surface area (Å²) in [5, 5.41) is 12.9. The van der Waals surface area contributed by atoms with Crippen LogP contribution in [-0.2, 0) is 20.1 Å². The molecule has 31 heavy (non-hydrogen) atoms. The molecule has 0 bridgehead atoms. The van der Waals surface area contributed by atoms with E-state index in [0.717, 1.165) is 28.1 Å². The number of pyridine rings is 1. The van der Waals surface area contributed by atoms with E-state index in [1.807, 2.05) is 45.2 Å². The lowest BCUT2D eigenvalue weighted by Gasteiger charge is -2.11. The van der Waals surface area contributed by atoms with Gasteiger partial charge in [-0.1, -0.05) is 11.6 Å². The Hall–Kier alpha value is -3.39. The zero-order valence-corrected chi connectivity index (χ0v) is 18.6. The topological polar surface area (TPSA) is 86.9 Å². The Balaban J connectivity index is 1.74. The number of hydrogen-bond acceptors (Lipinski definition) is 5. The van der Waals surface area contributed by atoms with E-state index in [2.05, 4.69) is 15.5 Å². The van der Waals surface area contributed by atoms with Gasteiger partial charge in [0.05, 0.1) is 52.9 Å². The van der Waals surface area contributed by atoms with Crippen LogP contribution in [-0.4, -0.2) is 37.6 Å². The molecule has 9 heteroatoms. The van der Waals surface area contributed by atoms with E-state index in [1.54, 1.807) is 28.7 Å². The number of halogens is 1. The predicted molar refractivity (Wildman–Crippen MR) is 119 cm³/mol. The molecular weight excluding hydrogens is 416 g/mol. The van der Waals surface area contributed by atoms with Crippen molar-refractivity contribution in [1.29, 1.82) is 0 Å². The second kappa shape index (κ2) is 8.39. The van der Waals surface area contributed by atoms with Gasteiger partial charge in [0.1, 0.15) is 5.75 Å². The van der Waals surface area contributed by atoms with E-state index in [1.165, 1.54) is 0 Å². The minimum atomic E-state index is -0.224. The number of amides is 1. The second-order valence-corrected chi connectivity index (χ2v) is 7.54. The second-order valence-electron chi connectivity index (χ2n) is 7.13. The minimum Gasteiger partial charge on any atom is -0.497 e. The van der Waals surface area contributed by atoms with Gasteiger partial charge in [0, 0.05) is 19.2 Å². The van der Waals surface area contributed by atoms with Gasteiger partial charge in [0.25, 0.3) is 5.91 Å². The maximum atomic E-state index is 13.2. The number of ether oxygens (including phenoxy) is 1. The Kier molecular flexibility index (Phi) is 5.65. The molecule has 0 saturated carbocycles. The zero-order valence-electron chi connectivity index (χ0n) is 17.8. The molecule has 3 heterocycles. The average Bonchev–Trinajstić information content (AvgIpc) is 3.29. The van der Waals surface area contributed by atoms with Gasteiger partial charge >= 0.3 is 0 Å². The normalized spacial score (nSPS) is 11.1. The quantitative estimate of drug-likeness (QED) is 0.495. The summed E-state index contributed by atoms with van der Waals surface area (Å²) in [4.78, 5) is 18.0. The number of aromatic nitrogens is 5. The predicted octanol–water partition coefficient (Wildman–Crippen LogP) is 3.75. The summed E-state index contributed by atoms with van der Waals surface area (Å²) in [6.45, 7) is 4.78. The fraction of sp³-hybridized carbons (Fsp3) is 0.273. The van der Waals surface area contributed by atoms with Crippen molar-refractivity contribution < 1.29 is 9.53 Å². The highest BCUT2D eigenvalue weighted by molar-refractivity contribution is 6.31. The molecule has 0 unspecified atom stereocenters. The number of carbonyl (C=O) groups is 1. The molecule has 4 rings (SSSR count). The van der Waals surface area contributed by atoms with Gasteiger partial charge in [0.2, 0.25) is 0 Å². The summed E-state index contributed by atoms with van der Waals surface area (Å²) < 4.78 is 8.70. The summed E-state index contributed by atoms with van der Waals surface area (Å²) in [5.74, 6) is 0.529. The van der Waals surface area contributed by atoms with E-state index in [0.29, 0.717) is 28.5 Å². The average molecular weight is 439 g/mol. The van der Waals surface area contributed by atoms with Crippen LogP contribution in [0.1, 0.15) is 28.7 Å². The molecule has 0 aliphatic rings. The molecule has 1 amide bonds. The Labute approximate surface area is 184 Å². The standard InChI is InChI=1S/C22H23ClN6O2/c1-5-29-19(17(23)11-25-29)12-24-22(30)16-10-18(14-6-8-15(31-4)9-7-14)26-21-20(16)13(2)27-28(21)3/h6-11H,5,12H2,1-4H3,(H,24,30). The zero-order chi connectivity index (χ0) is 22.1. The van der Waals surface area contributed by atoms with Gasteiger partial charge in [-0.3, -0.25) is 14.2 Å². The Morgan fingerprint density at radius 1 is 1.26 bits per heavy atom. The van der Waals surface area contributed by atoms with E-state index in [4.69, 9.17) is 21.3 Å². The first-order valence-corrected chi connectivity index (χ1v) is 10.3. The van der Waals surface area contributed by atoms with Crippen molar-refractivity contribution in [3.63, 3.8) is 0 Å². The van der Waals surface area contributed by atoms with Crippen LogP contribution in [0.5, 0.6) is 5.75 Å². The number of aryl methyl sites for hydroxylation is 3. The van der Waals surface area contributed by atoms with Gasteiger partial charge in [-0.2, -0.15) is 10.2 Å². The monoisotopic (exact) mass is 438 g/mol. The molecule has 1 aromatic carbocycles.